The zero-order valence-electron chi connectivity index (χ0n) is 32.2. The van der Waals surface area contributed by atoms with Crippen molar-refractivity contribution in [2.75, 3.05) is 9.80 Å². The third kappa shape index (κ3) is 6.18. The molecule has 0 saturated heterocycles. The fourth-order valence-electron chi connectivity index (χ4n) is 9.12. The van der Waals surface area contributed by atoms with Crippen LogP contribution < -0.4 is 9.80 Å². The first-order chi connectivity index (χ1) is 28.7. The molecule has 0 bridgehead atoms. The van der Waals surface area contributed by atoms with Gasteiger partial charge in [0.2, 0.25) is 0 Å². The van der Waals surface area contributed by atoms with Crippen LogP contribution in [0.5, 0.6) is 0 Å². The van der Waals surface area contributed by atoms with E-state index in [1.165, 1.54) is 28.2 Å². The Bertz CT molecular complexity index is 3020. The molecule has 8 aromatic rings. The summed E-state index contributed by atoms with van der Waals surface area (Å²) in [4.78, 5) is 4.90. The fraction of sp³-hybridized carbons (Fsp3) is 0.111. The smallest absolute Gasteiger partial charge is 0.135 e. The van der Waals surface area contributed by atoms with Crippen molar-refractivity contribution in [3.8, 4) is 11.1 Å². The van der Waals surface area contributed by atoms with Crippen LogP contribution in [0.4, 0.5) is 17.1 Å². The van der Waals surface area contributed by atoms with Crippen molar-refractivity contribution in [1.29, 1.82) is 0 Å². The number of nitrogens with zero attached hydrogens (tertiary/aromatic N) is 2. The second-order valence-corrected chi connectivity index (χ2v) is 15.6. The van der Waals surface area contributed by atoms with Crippen molar-refractivity contribution in [1.82, 2.24) is 0 Å². The Kier molecular flexibility index (Phi) is 8.54. The summed E-state index contributed by atoms with van der Waals surface area (Å²) in [6.07, 6.45) is 24.8. The number of hydrogen-bond acceptors (Lipinski definition) is 4. The van der Waals surface area contributed by atoms with E-state index in [2.05, 4.69) is 186 Å². The minimum atomic E-state index is 0.491. The predicted octanol–water partition coefficient (Wildman–Crippen LogP) is 15.0. The van der Waals surface area contributed by atoms with Gasteiger partial charge in [-0.1, -0.05) is 115 Å². The average molecular weight is 751 g/mol. The molecule has 2 heterocycles. The molecule has 280 valence electrons. The van der Waals surface area contributed by atoms with Crippen molar-refractivity contribution in [3.05, 3.63) is 211 Å². The van der Waals surface area contributed by atoms with E-state index in [-0.39, 0.29) is 0 Å². The number of furan rings is 2. The van der Waals surface area contributed by atoms with Gasteiger partial charge in [0.25, 0.3) is 0 Å². The standard InChI is InChI=1S/C54H42N2O2/c1-3-11-37(12-4-1)39-19-23-41(24-20-39)55(45-31-33-53-49(35-45)47-15-7-9-17-51(47)57-53)43-27-29-44(30-28-43)56(42-25-21-40(22-26-42)38-13-5-2-6-14-38)46-32-34-54-50(36-46)48-16-8-10-18-52(48)58-54/h1-13,15-21,23-27,29,31-36,38,40H,14,22,28,30H2. The number of rotatable bonds is 8. The van der Waals surface area contributed by atoms with Gasteiger partial charge < -0.3 is 18.6 Å². The summed E-state index contributed by atoms with van der Waals surface area (Å²) in [6.45, 7) is 0. The van der Waals surface area contributed by atoms with Crippen LogP contribution >= 0.6 is 0 Å². The van der Waals surface area contributed by atoms with E-state index in [0.717, 1.165) is 86.6 Å². The van der Waals surface area contributed by atoms with E-state index in [9.17, 15) is 0 Å². The van der Waals surface area contributed by atoms with Gasteiger partial charge in [-0.15, -0.1) is 0 Å². The van der Waals surface area contributed by atoms with Crippen molar-refractivity contribution in [2.24, 2.45) is 11.8 Å². The van der Waals surface area contributed by atoms with Gasteiger partial charge in [-0.3, -0.25) is 0 Å². The van der Waals surface area contributed by atoms with Crippen molar-refractivity contribution in [2.45, 2.75) is 25.7 Å². The molecule has 3 aliphatic rings. The third-order valence-electron chi connectivity index (χ3n) is 12.1. The van der Waals surface area contributed by atoms with Gasteiger partial charge in [0, 0.05) is 55.7 Å². The van der Waals surface area contributed by atoms with Crippen LogP contribution in [0.2, 0.25) is 0 Å². The van der Waals surface area contributed by atoms with Crippen LogP contribution in [0.1, 0.15) is 25.7 Å². The van der Waals surface area contributed by atoms with Crippen LogP contribution in [-0.4, -0.2) is 0 Å². The van der Waals surface area contributed by atoms with E-state index in [1.54, 1.807) is 0 Å². The van der Waals surface area contributed by atoms with Crippen molar-refractivity contribution in [3.63, 3.8) is 0 Å². The molecule has 11 rings (SSSR count). The summed E-state index contributed by atoms with van der Waals surface area (Å²) in [5.74, 6) is 1.03. The average Bonchev–Trinajstić information content (AvgIpc) is 3.86. The first-order valence-corrected chi connectivity index (χ1v) is 20.4. The third-order valence-corrected chi connectivity index (χ3v) is 12.1. The first kappa shape index (κ1) is 34.2. The molecule has 0 radical (unpaired) electrons. The summed E-state index contributed by atoms with van der Waals surface area (Å²) in [5, 5.41) is 4.52. The van der Waals surface area contributed by atoms with Gasteiger partial charge in [0.05, 0.1) is 0 Å². The topological polar surface area (TPSA) is 32.8 Å². The highest BCUT2D eigenvalue weighted by Crippen LogP contribution is 2.42. The van der Waals surface area contributed by atoms with Crippen LogP contribution in [-0.2, 0) is 0 Å². The number of anilines is 3. The lowest BCUT2D eigenvalue weighted by molar-refractivity contribution is 0.475. The normalized spacial score (nSPS) is 17.8. The Hall–Kier alpha value is -7.04. The second kappa shape index (κ2) is 14.5. The first-order valence-electron chi connectivity index (χ1n) is 20.4. The maximum absolute atomic E-state index is 6.27. The largest absolute Gasteiger partial charge is 0.456 e. The van der Waals surface area contributed by atoms with Crippen molar-refractivity contribution >= 4 is 60.9 Å². The summed E-state index contributed by atoms with van der Waals surface area (Å²) in [5.41, 5.74) is 13.1. The van der Waals surface area contributed by atoms with Crippen LogP contribution in [0, 0.1) is 11.8 Å². The van der Waals surface area contributed by atoms with Gasteiger partial charge in [0.1, 0.15) is 22.3 Å². The molecule has 2 unspecified atom stereocenters. The van der Waals surface area contributed by atoms with Crippen molar-refractivity contribution < 1.29 is 8.83 Å². The summed E-state index contributed by atoms with van der Waals surface area (Å²) >= 11 is 0. The molecule has 0 amide bonds. The molecule has 4 nitrogen and oxygen atoms in total. The number of para-hydroxylation sites is 2. The summed E-state index contributed by atoms with van der Waals surface area (Å²) in [7, 11) is 0. The number of benzene rings is 6. The Morgan fingerprint density at radius 1 is 0.448 bits per heavy atom. The zero-order chi connectivity index (χ0) is 38.4. The molecular weight excluding hydrogens is 709 g/mol. The molecule has 2 atom stereocenters. The molecule has 2 aromatic heterocycles. The van der Waals surface area contributed by atoms with Gasteiger partial charge in [-0.2, -0.15) is 0 Å². The molecule has 0 fully saturated rings. The Morgan fingerprint density at radius 2 is 1.00 bits per heavy atom. The lowest BCUT2D eigenvalue weighted by Gasteiger charge is -2.35. The Morgan fingerprint density at radius 3 is 1.60 bits per heavy atom. The molecule has 0 saturated carbocycles. The Labute approximate surface area is 338 Å². The van der Waals surface area contributed by atoms with Gasteiger partial charge in [-0.25, -0.2) is 0 Å². The minimum Gasteiger partial charge on any atom is -0.456 e. The SMILES string of the molecule is C1=CCC(C2C=CC(N(C3=CC=C(N(c4ccc(-c5ccccc5)cc4)c4ccc5oc6ccccc6c5c4)CC3)c3ccc4oc5ccccc5c4c3)=CC2)C=C1. The molecular formula is C54H42N2O2. The van der Waals surface area contributed by atoms with Crippen LogP contribution in [0.3, 0.4) is 0 Å². The summed E-state index contributed by atoms with van der Waals surface area (Å²) < 4.78 is 12.5. The van der Waals surface area contributed by atoms with Gasteiger partial charge >= 0.3 is 0 Å². The Balaban J connectivity index is 1.00. The summed E-state index contributed by atoms with van der Waals surface area (Å²) in [6, 6.07) is 49.5. The predicted molar refractivity (Wildman–Crippen MR) is 241 cm³/mol. The minimum absolute atomic E-state index is 0.491. The molecule has 0 spiro atoms. The molecule has 4 heteroatoms. The highest BCUT2D eigenvalue weighted by Gasteiger charge is 2.26. The lowest BCUT2D eigenvalue weighted by Crippen LogP contribution is -2.26. The van der Waals surface area contributed by atoms with E-state index < -0.39 is 0 Å². The van der Waals surface area contributed by atoms with E-state index in [4.69, 9.17) is 8.83 Å². The van der Waals surface area contributed by atoms with Crippen LogP contribution in [0.25, 0.3) is 55.0 Å². The highest BCUT2D eigenvalue weighted by atomic mass is 16.3. The molecule has 58 heavy (non-hydrogen) atoms. The van der Waals surface area contributed by atoms with Crippen LogP contribution in [0.15, 0.2) is 220 Å². The highest BCUT2D eigenvalue weighted by molar-refractivity contribution is 6.07. The second-order valence-electron chi connectivity index (χ2n) is 15.6. The van der Waals surface area contributed by atoms with E-state index in [0.29, 0.717) is 11.8 Å². The quantitative estimate of drug-likeness (QED) is 0.155. The molecule has 0 aliphatic heterocycles. The molecule has 0 N–H and O–H groups in total. The zero-order valence-corrected chi connectivity index (χ0v) is 32.2. The monoisotopic (exact) mass is 750 g/mol. The van der Waals surface area contributed by atoms with E-state index in [1.807, 2.05) is 18.2 Å². The number of fused-ring (bicyclic) bond motifs is 6. The van der Waals surface area contributed by atoms with Gasteiger partial charge in [0.15, 0.2) is 0 Å². The fourth-order valence-corrected chi connectivity index (χ4v) is 9.12. The van der Waals surface area contributed by atoms with E-state index >= 15 is 0 Å². The van der Waals surface area contributed by atoms with Gasteiger partial charge in [-0.05, 0) is 128 Å². The molecule has 6 aromatic carbocycles. The number of hydrogen-bond donors (Lipinski definition) is 0. The lowest BCUT2D eigenvalue weighted by atomic mass is 9.82. The number of allylic oxidation sites excluding steroid dienone is 11. The maximum atomic E-state index is 6.27. The molecule has 3 aliphatic carbocycles. The maximum Gasteiger partial charge on any atom is 0.135 e.